The van der Waals surface area contributed by atoms with Gasteiger partial charge in [0.15, 0.2) is 0 Å². The predicted molar refractivity (Wildman–Crippen MR) is 79.9 cm³/mol. The van der Waals surface area contributed by atoms with Crippen LogP contribution >= 0.6 is 15.9 Å². The summed E-state index contributed by atoms with van der Waals surface area (Å²) in [7, 11) is 0. The van der Waals surface area contributed by atoms with Gasteiger partial charge in [0.05, 0.1) is 0 Å². The Balaban J connectivity index is 2.18. The van der Waals surface area contributed by atoms with E-state index in [1.807, 2.05) is 31.2 Å². The second-order valence-electron chi connectivity index (χ2n) is 5.18. The molecule has 1 saturated heterocycles. The summed E-state index contributed by atoms with van der Waals surface area (Å²) in [5.74, 6) is -0.252. The highest BCUT2D eigenvalue weighted by Gasteiger charge is 2.38. The molecule has 5 heteroatoms. The highest BCUT2D eigenvalue weighted by Crippen LogP contribution is 2.22. The Morgan fingerprint density at radius 3 is 2.47 bits per heavy atom. The molecule has 3 N–H and O–H groups in total. The first kappa shape index (κ1) is 14.5. The molecule has 0 saturated carbocycles. The minimum absolute atomic E-state index is 0.252. The molecule has 1 fully saturated rings. The maximum absolute atomic E-state index is 11.9. The molecule has 0 bridgehead atoms. The minimum Gasteiger partial charge on any atom is -0.368 e. The Kier molecular flexibility index (Phi) is 4.60. The summed E-state index contributed by atoms with van der Waals surface area (Å²) in [5, 5.41) is 3.30. The zero-order chi connectivity index (χ0) is 13.9. The number of nitrogens with zero attached hydrogens (tertiary/aromatic N) is 1. The topological polar surface area (TPSA) is 58.4 Å². The fourth-order valence-corrected chi connectivity index (χ4v) is 2.78. The van der Waals surface area contributed by atoms with Gasteiger partial charge in [-0.3, -0.25) is 9.69 Å². The number of hydrogen-bond donors (Lipinski definition) is 2. The molecular formula is C14H20BrN3O. The van der Waals surface area contributed by atoms with Gasteiger partial charge in [0, 0.05) is 30.7 Å². The lowest BCUT2D eigenvalue weighted by atomic mass is 9.89. The molecule has 1 aliphatic heterocycles. The van der Waals surface area contributed by atoms with Crippen LogP contribution in [0.5, 0.6) is 0 Å². The fraction of sp³-hybridized carbons (Fsp3) is 0.500. The zero-order valence-corrected chi connectivity index (χ0v) is 12.7. The van der Waals surface area contributed by atoms with Crippen LogP contribution in [0.1, 0.15) is 12.5 Å². The van der Waals surface area contributed by atoms with Gasteiger partial charge in [0.25, 0.3) is 0 Å². The molecule has 1 aromatic carbocycles. The van der Waals surface area contributed by atoms with E-state index >= 15 is 0 Å². The van der Waals surface area contributed by atoms with Gasteiger partial charge >= 0.3 is 0 Å². The molecule has 19 heavy (non-hydrogen) atoms. The van der Waals surface area contributed by atoms with Gasteiger partial charge in [-0.05, 0) is 31.0 Å². The molecule has 1 aliphatic rings. The van der Waals surface area contributed by atoms with Crippen molar-refractivity contribution in [2.75, 3.05) is 26.2 Å². The SMILES string of the molecule is CC(Cc1ccc(Br)cc1)(C(N)=O)N1CCNCC1. The van der Waals surface area contributed by atoms with E-state index in [4.69, 9.17) is 5.73 Å². The fourth-order valence-electron chi connectivity index (χ4n) is 2.51. The van der Waals surface area contributed by atoms with Gasteiger partial charge in [-0.1, -0.05) is 28.1 Å². The molecule has 0 aliphatic carbocycles. The molecule has 4 nitrogen and oxygen atoms in total. The van der Waals surface area contributed by atoms with E-state index in [1.165, 1.54) is 0 Å². The van der Waals surface area contributed by atoms with Crippen molar-refractivity contribution >= 4 is 21.8 Å². The largest absolute Gasteiger partial charge is 0.368 e. The first-order valence-electron chi connectivity index (χ1n) is 6.52. The quantitative estimate of drug-likeness (QED) is 0.872. The number of benzene rings is 1. The van der Waals surface area contributed by atoms with Gasteiger partial charge in [-0.15, -0.1) is 0 Å². The lowest BCUT2D eigenvalue weighted by molar-refractivity contribution is -0.129. The maximum atomic E-state index is 11.9. The van der Waals surface area contributed by atoms with E-state index in [-0.39, 0.29) is 5.91 Å². The molecule has 1 heterocycles. The summed E-state index contributed by atoms with van der Waals surface area (Å²) >= 11 is 3.42. The van der Waals surface area contributed by atoms with Crippen molar-refractivity contribution < 1.29 is 4.79 Å². The second-order valence-corrected chi connectivity index (χ2v) is 6.09. The number of halogens is 1. The summed E-state index contributed by atoms with van der Waals surface area (Å²) in [6, 6.07) is 8.06. The van der Waals surface area contributed by atoms with Crippen LogP contribution in [0.2, 0.25) is 0 Å². The van der Waals surface area contributed by atoms with E-state index in [2.05, 4.69) is 26.1 Å². The number of carbonyl (C=O) groups is 1. The predicted octanol–water partition coefficient (Wildman–Crippen LogP) is 1.14. The van der Waals surface area contributed by atoms with Crippen LogP contribution in [0.4, 0.5) is 0 Å². The van der Waals surface area contributed by atoms with E-state index in [9.17, 15) is 4.79 Å². The Labute approximate surface area is 122 Å². The van der Waals surface area contributed by atoms with E-state index in [0.29, 0.717) is 6.42 Å². The minimum atomic E-state index is -0.615. The third kappa shape index (κ3) is 3.35. The average molecular weight is 326 g/mol. The van der Waals surface area contributed by atoms with Crippen molar-refractivity contribution in [3.05, 3.63) is 34.3 Å². The van der Waals surface area contributed by atoms with Crippen molar-refractivity contribution in [3.63, 3.8) is 0 Å². The van der Waals surface area contributed by atoms with Crippen LogP contribution in [-0.4, -0.2) is 42.5 Å². The van der Waals surface area contributed by atoms with Crippen molar-refractivity contribution in [2.45, 2.75) is 18.9 Å². The van der Waals surface area contributed by atoms with Crippen LogP contribution in [0.15, 0.2) is 28.7 Å². The Morgan fingerprint density at radius 1 is 1.37 bits per heavy atom. The monoisotopic (exact) mass is 325 g/mol. The van der Waals surface area contributed by atoms with E-state index in [0.717, 1.165) is 36.2 Å². The summed E-state index contributed by atoms with van der Waals surface area (Å²) in [6.45, 7) is 5.47. The summed E-state index contributed by atoms with van der Waals surface area (Å²) < 4.78 is 1.04. The number of primary amides is 1. The van der Waals surface area contributed by atoms with Gasteiger partial charge in [-0.25, -0.2) is 0 Å². The molecule has 1 amide bonds. The number of rotatable bonds is 4. The number of nitrogens with one attached hydrogen (secondary N) is 1. The summed E-state index contributed by atoms with van der Waals surface area (Å²) in [6.07, 6.45) is 0.648. The highest BCUT2D eigenvalue weighted by molar-refractivity contribution is 9.10. The first-order valence-corrected chi connectivity index (χ1v) is 7.32. The van der Waals surface area contributed by atoms with Crippen LogP contribution in [0, 0.1) is 0 Å². The number of nitrogens with two attached hydrogens (primary N) is 1. The van der Waals surface area contributed by atoms with Crippen LogP contribution in [0.25, 0.3) is 0 Å². The smallest absolute Gasteiger partial charge is 0.238 e. The van der Waals surface area contributed by atoms with Crippen LogP contribution in [-0.2, 0) is 11.2 Å². The first-order chi connectivity index (χ1) is 9.02. The van der Waals surface area contributed by atoms with Gasteiger partial charge in [0.1, 0.15) is 5.54 Å². The van der Waals surface area contributed by atoms with Crippen LogP contribution in [0.3, 0.4) is 0 Å². The molecule has 1 aromatic rings. The number of amides is 1. The van der Waals surface area contributed by atoms with Gasteiger partial charge in [-0.2, -0.15) is 0 Å². The van der Waals surface area contributed by atoms with Crippen molar-refractivity contribution in [1.29, 1.82) is 0 Å². The Morgan fingerprint density at radius 2 is 1.95 bits per heavy atom. The third-order valence-electron chi connectivity index (χ3n) is 3.81. The molecule has 2 rings (SSSR count). The zero-order valence-electron chi connectivity index (χ0n) is 11.2. The van der Waals surface area contributed by atoms with Crippen molar-refractivity contribution in [1.82, 2.24) is 10.2 Å². The Bertz CT molecular complexity index is 443. The van der Waals surface area contributed by atoms with E-state index < -0.39 is 5.54 Å². The normalized spacial score (nSPS) is 19.9. The molecule has 0 aromatic heterocycles. The van der Waals surface area contributed by atoms with Crippen molar-refractivity contribution in [2.24, 2.45) is 5.73 Å². The number of piperazine rings is 1. The molecule has 104 valence electrons. The highest BCUT2D eigenvalue weighted by atomic mass is 79.9. The number of carbonyl (C=O) groups excluding carboxylic acids is 1. The lowest BCUT2D eigenvalue weighted by Crippen LogP contribution is -2.61. The second kappa shape index (κ2) is 6.03. The number of hydrogen-bond acceptors (Lipinski definition) is 3. The van der Waals surface area contributed by atoms with Crippen LogP contribution < -0.4 is 11.1 Å². The standard InChI is InChI=1S/C14H20BrN3O/c1-14(13(16)19,18-8-6-17-7-9-18)10-11-2-4-12(15)5-3-11/h2-5,17H,6-10H2,1H3,(H2,16,19). The maximum Gasteiger partial charge on any atom is 0.238 e. The van der Waals surface area contributed by atoms with Crippen molar-refractivity contribution in [3.8, 4) is 0 Å². The molecule has 0 spiro atoms. The lowest BCUT2D eigenvalue weighted by Gasteiger charge is -2.41. The Hall–Kier alpha value is -0.910. The summed E-state index contributed by atoms with van der Waals surface area (Å²) in [4.78, 5) is 14.1. The van der Waals surface area contributed by atoms with E-state index in [1.54, 1.807) is 0 Å². The molecular weight excluding hydrogens is 306 g/mol. The molecule has 1 unspecified atom stereocenters. The van der Waals surface area contributed by atoms with Gasteiger partial charge in [0.2, 0.25) is 5.91 Å². The molecule has 1 atom stereocenters. The molecule has 0 radical (unpaired) electrons. The van der Waals surface area contributed by atoms with Gasteiger partial charge < -0.3 is 11.1 Å². The average Bonchev–Trinajstić information content (AvgIpc) is 2.42. The summed E-state index contributed by atoms with van der Waals surface area (Å²) in [5.41, 5.74) is 6.18. The third-order valence-corrected chi connectivity index (χ3v) is 4.34.